The Morgan fingerprint density at radius 2 is 1.58 bits per heavy atom. The molecule has 2 saturated heterocycles. The molecule has 5 aromatic rings. The van der Waals surface area contributed by atoms with E-state index in [-0.39, 0.29) is 11.6 Å². The number of nitrogens with one attached hydrogen (secondary N) is 4. The van der Waals surface area contributed by atoms with Gasteiger partial charge in [-0.2, -0.15) is 0 Å². The number of amides is 3. The summed E-state index contributed by atoms with van der Waals surface area (Å²) in [6.07, 6.45) is 6.70. The summed E-state index contributed by atoms with van der Waals surface area (Å²) in [5.41, 5.74) is 3.29. The third kappa shape index (κ3) is 10.9. The molecule has 66 heavy (non-hydrogen) atoms. The van der Waals surface area contributed by atoms with Gasteiger partial charge in [-0.1, -0.05) is 79.9 Å². The summed E-state index contributed by atoms with van der Waals surface area (Å²) in [4.78, 5) is 51.6. The molecule has 13 nitrogen and oxygen atoms in total. The Kier molecular flexibility index (Phi) is 14.2. The lowest BCUT2D eigenvalue weighted by Gasteiger charge is -2.47. The number of piperidine rings is 1. The first kappa shape index (κ1) is 47.5. The third-order valence-electron chi connectivity index (χ3n) is 14.3. The summed E-state index contributed by atoms with van der Waals surface area (Å²) in [5.74, 6) is -0.253. The molecule has 4 heterocycles. The molecule has 0 radical (unpaired) electrons. The van der Waals surface area contributed by atoms with Gasteiger partial charge in [0.05, 0.1) is 29.9 Å². The van der Waals surface area contributed by atoms with Gasteiger partial charge in [0.1, 0.15) is 23.1 Å². The van der Waals surface area contributed by atoms with Gasteiger partial charge < -0.3 is 30.1 Å². The number of nitrogens with zero attached hydrogens (tertiary/aromatic N) is 2. The average Bonchev–Trinajstić information content (AvgIpc) is 3.92. The first-order valence-corrected chi connectivity index (χ1v) is 25.6. The van der Waals surface area contributed by atoms with Crippen molar-refractivity contribution in [3.05, 3.63) is 108 Å². The second kappa shape index (κ2) is 19.7. The lowest BCUT2D eigenvalue weighted by atomic mass is 9.72. The summed E-state index contributed by atoms with van der Waals surface area (Å²) < 4.78 is 38.1. The number of likely N-dealkylation sites (tertiary alicyclic amines) is 1. The third-order valence-corrected chi connectivity index (χ3v) is 16.5. The summed E-state index contributed by atoms with van der Waals surface area (Å²) in [5, 5.41) is 11.3. The summed E-state index contributed by atoms with van der Waals surface area (Å²) in [6.45, 7) is 13.8. The maximum absolute atomic E-state index is 15.2. The van der Waals surface area contributed by atoms with Crippen LogP contribution in [0, 0.1) is 11.8 Å². The number of aromatic nitrogens is 1. The number of ether oxygens (including phenoxy) is 1. The number of para-hydroxylation sites is 1. The molecule has 3 aliphatic rings. The van der Waals surface area contributed by atoms with Crippen LogP contribution in [0.1, 0.15) is 100 Å². The van der Waals surface area contributed by atoms with Crippen LogP contribution >= 0.6 is 0 Å². The number of aromatic amines is 1. The van der Waals surface area contributed by atoms with Crippen LogP contribution in [0.15, 0.2) is 89.3 Å². The molecule has 4 N–H and O–H groups in total. The van der Waals surface area contributed by atoms with E-state index in [4.69, 9.17) is 9.15 Å². The smallest absolute Gasteiger partial charge is 0.268 e. The Morgan fingerprint density at radius 3 is 2.29 bits per heavy atom. The number of carbonyl (C=O) groups excluding carboxylic acids is 3. The van der Waals surface area contributed by atoms with Gasteiger partial charge in [0.15, 0.2) is 9.84 Å². The molecular formula is C52H68N6O7S. The van der Waals surface area contributed by atoms with Gasteiger partial charge in [0.2, 0.25) is 11.8 Å². The van der Waals surface area contributed by atoms with Crippen LogP contribution in [-0.4, -0.2) is 115 Å². The Labute approximate surface area is 389 Å². The van der Waals surface area contributed by atoms with Crippen molar-refractivity contribution in [2.75, 3.05) is 45.6 Å². The predicted molar refractivity (Wildman–Crippen MR) is 259 cm³/mol. The number of benzene rings is 3. The number of fused-ring (bicyclic) bond motifs is 3. The standard InChI is InChI=1S/C52H68N6O7S/c1-51(2,3)56-49(60)44-29-35-17-10-11-19-37(35)32-58(44)33-40(46-30-39-38(20-14-22-45(39)65-46)31-57-23-25-64-26-24-57)42(27-34-15-8-7-9-16-34)54-50(61)47(52(4,5)66(6,62)63)55-48(59)43-28-36-18-12-13-21-41(36)53-43/h7-9,12-16,18,20-22,28,30,35,37,40,42,44,47,53H,10-11,17,19,23-27,29,31-33H2,1-6H3,(H,54,61)(H,55,59)(H,56,60)/t35-,37+,40?,42?,44?,47+/m0/s1. The molecule has 3 aromatic carbocycles. The predicted octanol–water partition coefficient (Wildman–Crippen LogP) is 6.97. The van der Waals surface area contributed by atoms with Crippen LogP contribution < -0.4 is 16.0 Å². The van der Waals surface area contributed by atoms with Crippen molar-refractivity contribution in [3.63, 3.8) is 0 Å². The molecule has 3 fully saturated rings. The monoisotopic (exact) mass is 920 g/mol. The van der Waals surface area contributed by atoms with Crippen molar-refractivity contribution in [2.24, 2.45) is 11.8 Å². The highest BCUT2D eigenvalue weighted by atomic mass is 32.2. The van der Waals surface area contributed by atoms with E-state index in [1.54, 1.807) is 6.07 Å². The van der Waals surface area contributed by atoms with Crippen LogP contribution in [0.25, 0.3) is 21.9 Å². The van der Waals surface area contributed by atoms with E-state index >= 15 is 4.79 Å². The van der Waals surface area contributed by atoms with Crippen molar-refractivity contribution in [1.29, 1.82) is 0 Å². The average molecular weight is 921 g/mol. The van der Waals surface area contributed by atoms with Gasteiger partial charge in [-0.25, -0.2) is 8.42 Å². The summed E-state index contributed by atoms with van der Waals surface area (Å²) in [6, 6.07) is 24.7. The first-order valence-electron chi connectivity index (χ1n) is 23.7. The van der Waals surface area contributed by atoms with E-state index in [9.17, 15) is 18.0 Å². The minimum absolute atomic E-state index is 0.0130. The van der Waals surface area contributed by atoms with Crippen LogP contribution in [0.5, 0.6) is 0 Å². The molecule has 14 heteroatoms. The van der Waals surface area contributed by atoms with E-state index in [1.807, 2.05) is 87.5 Å². The number of hydrogen-bond acceptors (Lipinski definition) is 9. The molecule has 0 bridgehead atoms. The van der Waals surface area contributed by atoms with Crippen molar-refractivity contribution in [2.45, 2.75) is 114 Å². The zero-order chi connectivity index (χ0) is 46.8. The van der Waals surface area contributed by atoms with E-state index in [0.29, 0.717) is 43.8 Å². The SMILES string of the molecule is CC(C)(C)NC(=O)C1C[C@@H]2CCCC[C@@H]2CN1CC(c1cc2c(CN3CCOCC3)cccc2o1)C(Cc1ccccc1)NC(=O)[C@@H](NC(=O)c1cc2ccccc2[nH]1)C(C)(C)S(C)(=O)=O. The zero-order valence-electron chi connectivity index (χ0n) is 39.4. The highest BCUT2D eigenvalue weighted by molar-refractivity contribution is 7.92. The van der Waals surface area contributed by atoms with Gasteiger partial charge in [-0.05, 0) is 101 Å². The Balaban J connectivity index is 1.22. The number of H-pyrrole nitrogens is 1. The second-order valence-electron chi connectivity index (χ2n) is 20.6. The van der Waals surface area contributed by atoms with E-state index in [1.165, 1.54) is 13.8 Å². The van der Waals surface area contributed by atoms with Crippen molar-refractivity contribution in [3.8, 4) is 0 Å². The normalized spacial score (nSPS) is 21.5. The maximum atomic E-state index is 15.2. The fraction of sp³-hybridized carbons (Fsp3) is 0.519. The lowest BCUT2D eigenvalue weighted by Crippen LogP contribution is -2.63. The Morgan fingerprint density at radius 1 is 0.864 bits per heavy atom. The van der Waals surface area contributed by atoms with Crippen LogP contribution in [0.2, 0.25) is 0 Å². The number of rotatable bonds is 15. The Bertz CT molecular complexity index is 2580. The molecule has 3 amide bonds. The van der Waals surface area contributed by atoms with Gasteiger partial charge >= 0.3 is 0 Å². The molecule has 0 spiro atoms. The van der Waals surface area contributed by atoms with Crippen molar-refractivity contribution >= 4 is 49.4 Å². The highest BCUT2D eigenvalue weighted by Gasteiger charge is 2.47. The number of carbonyl (C=O) groups is 3. The fourth-order valence-corrected chi connectivity index (χ4v) is 11.0. The van der Waals surface area contributed by atoms with Gasteiger partial charge in [0.25, 0.3) is 5.91 Å². The minimum Gasteiger partial charge on any atom is -0.461 e. The Hall–Kier alpha value is -5.02. The second-order valence-corrected chi connectivity index (χ2v) is 23.2. The van der Waals surface area contributed by atoms with E-state index < -0.39 is 56.0 Å². The molecule has 8 rings (SSSR count). The molecule has 354 valence electrons. The summed E-state index contributed by atoms with van der Waals surface area (Å²) >= 11 is 0. The minimum atomic E-state index is -3.94. The molecule has 6 atom stereocenters. The van der Waals surface area contributed by atoms with Crippen molar-refractivity contribution < 1.29 is 32.0 Å². The molecule has 1 saturated carbocycles. The van der Waals surface area contributed by atoms with Gasteiger partial charge in [-0.3, -0.25) is 24.2 Å². The molecule has 2 aromatic heterocycles. The molecule has 2 aliphatic heterocycles. The number of morpholine rings is 1. The summed E-state index contributed by atoms with van der Waals surface area (Å²) in [7, 11) is -3.94. The molecule has 3 unspecified atom stereocenters. The van der Waals surface area contributed by atoms with Crippen LogP contribution in [0.4, 0.5) is 0 Å². The fourth-order valence-electron chi connectivity index (χ4n) is 10.4. The van der Waals surface area contributed by atoms with Crippen molar-refractivity contribution in [1.82, 2.24) is 30.7 Å². The zero-order valence-corrected chi connectivity index (χ0v) is 40.2. The van der Waals surface area contributed by atoms with Gasteiger partial charge in [-0.15, -0.1) is 0 Å². The van der Waals surface area contributed by atoms with E-state index in [0.717, 1.165) is 97.5 Å². The number of sulfone groups is 1. The van der Waals surface area contributed by atoms with Crippen LogP contribution in [0.3, 0.4) is 0 Å². The number of furan rings is 1. The first-order chi connectivity index (χ1) is 31.4. The maximum Gasteiger partial charge on any atom is 0.268 e. The molecule has 1 aliphatic carbocycles. The lowest BCUT2D eigenvalue weighted by molar-refractivity contribution is -0.132. The largest absolute Gasteiger partial charge is 0.461 e. The van der Waals surface area contributed by atoms with Crippen LogP contribution in [-0.2, 0) is 37.1 Å². The number of hydrogen-bond donors (Lipinski definition) is 4. The quantitative estimate of drug-likeness (QED) is 0.0868. The van der Waals surface area contributed by atoms with E-state index in [2.05, 4.69) is 42.9 Å². The van der Waals surface area contributed by atoms with Gasteiger partial charge in [0, 0.05) is 66.8 Å². The molecular weight excluding hydrogens is 853 g/mol. The topological polar surface area (TPSA) is 166 Å². The highest BCUT2D eigenvalue weighted by Crippen LogP contribution is 2.41.